The highest BCUT2D eigenvalue weighted by atomic mass is 32.2. The predicted molar refractivity (Wildman–Crippen MR) is 122 cm³/mol. The molecular formula is C21H20N6O4S2. The normalized spacial score (nSPS) is 11.6. The van der Waals surface area contributed by atoms with Gasteiger partial charge in [0.2, 0.25) is 21.2 Å². The van der Waals surface area contributed by atoms with Gasteiger partial charge in [-0.3, -0.25) is 10.1 Å². The Morgan fingerprint density at radius 1 is 1.09 bits per heavy atom. The van der Waals surface area contributed by atoms with Gasteiger partial charge in [0.15, 0.2) is 0 Å². The largest absolute Gasteiger partial charge is 0.338 e. The lowest BCUT2D eigenvalue weighted by Gasteiger charge is -2.11. The Balaban J connectivity index is 1.45. The topological polar surface area (TPSA) is 131 Å². The van der Waals surface area contributed by atoms with Crippen molar-refractivity contribution in [3.63, 3.8) is 0 Å². The lowest BCUT2D eigenvalue weighted by Crippen LogP contribution is -2.26. The Morgan fingerprint density at radius 3 is 2.55 bits per heavy atom. The van der Waals surface area contributed by atoms with E-state index in [1.54, 1.807) is 12.1 Å². The van der Waals surface area contributed by atoms with Crippen LogP contribution < -0.4 is 5.32 Å². The van der Waals surface area contributed by atoms with E-state index in [4.69, 9.17) is 4.52 Å². The average Bonchev–Trinajstić information content (AvgIpc) is 3.45. The average molecular weight is 485 g/mol. The molecule has 0 radical (unpaired) electrons. The van der Waals surface area contributed by atoms with E-state index in [0.717, 1.165) is 32.3 Å². The molecule has 0 aliphatic rings. The number of sulfonamides is 1. The summed E-state index contributed by atoms with van der Waals surface area (Å²) < 4.78 is 31.8. The number of nitrogens with zero attached hydrogens (tertiary/aromatic N) is 5. The van der Waals surface area contributed by atoms with Crippen LogP contribution in [0.4, 0.5) is 5.13 Å². The molecule has 0 fully saturated rings. The van der Waals surface area contributed by atoms with Gasteiger partial charge in [-0.25, -0.2) is 8.42 Å². The van der Waals surface area contributed by atoms with Gasteiger partial charge in [0.1, 0.15) is 0 Å². The maximum absolute atomic E-state index is 12.9. The Morgan fingerprint density at radius 2 is 1.82 bits per heavy atom. The summed E-state index contributed by atoms with van der Waals surface area (Å²) in [5.74, 6) is 0.109. The van der Waals surface area contributed by atoms with Gasteiger partial charge < -0.3 is 4.52 Å². The molecule has 0 bridgehead atoms. The quantitative estimate of drug-likeness (QED) is 0.395. The fourth-order valence-corrected chi connectivity index (χ4v) is 5.11. The lowest BCUT2D eigenvalue weighted by atomic mass is 10.1. The first-order chi connectivity index (χ1) is 15.7. The fraction of sp³-hybridized carbons (Fsp3) is 0.190. The summed E-state index contributed by atoms with van der Waals surface area (Å²) >= 11 is 0.761. The molecule has 2 aromatic heterocycles. The standard InChI is InChI=1S/C21H20N6O4S2/c1-13-8-10-15(11-9-13)18-22-17(31-26-18)12-27(3)33(29,30)21-25-24-20(32-21)23-19(28)16-7-5-4-6-14(16)2/h4-11H,12H2,1-3H3,(H,23,24,28). The van der Waals surface area contributed by atoms with E-state index < -0.39 is 15.9 Å². The third kappa shape index (κ3) is 4.97. The first-order valence-corrected chi connectivity index (χ1v) is 12.1. The van der Waals surface area contributed by atoms with Crippen LogP contribution in [-0.2, 0) is 16.6 Å². The van der Waals surface area contributed by atoms with Gasteiger partial charge >= 0.3 is 0 Å². The Kier molecular flexibility index (Phi) is 6.31. The number of carbonyl (C=O) groups excluding carboxylic acids is 1. The number of amides is 1. The Hall–Kier alpha value is -3.48. The molecule has 0 unspecified atom stereocenters. The van der Waals surface area contributed by atoms with E-state index in [1.165, 1.54) is 7.05 Å². The van der Waals surface area contributed by atoms with Gasteiger partial charge in [-0.05, 0) is 25.5 Å². The highest BCUT2D eigenvalue weighted by molar-refractivity contribution is 7.91. The molecule has 4 rings (SSSR count). The summed E-state index contributed by atoms with van der Waals surface area (Å²) in [5.41, 5.74) is 3.12. The summed E-state index contributed by atoms with van der Waals surface area (Å²) in [5, 5.41) is 14.1. The van der Waals surface area contributed by atoms with Gasteiger partial charge in [0.05, 0.1) is 6.54 Å². The second kappa shape index (κ2) is 9.17. The van der Waals surface area contributed by atoms with Gasteiger partial charge in [0.25, 0.3) is 15.9 Å². The third-order valence-corrected chi connectivity index (χ3v) is 7.77. The number of nitrogens with one attached hydrogen (secondary N) is 1. The predicted octanol–water partition coefficient (Wildman–Crippen LogP) is 3.28. The van der Waals surface area contributed by atoms with E-state index in [2.05, 4.69) is 25.7 Å². The number of aromatic nitrogens is 4. The van der Waals surface area contributed by atoms with Crippen LogP contribution in [0.25, 0.3) is 11.4 Å². The van der Waals surface area contributed by atoms with Gasteiger partial charge in [-0.15, -0.1) is 10.2 Å². The smallest absolute Gasteiger partial charge is 0.272 e. The molecule has 4 aromatic rings. The number of hydrogen-bond donors (Lipinski definition) is 1. The molecule has 2 heterocycles. The van der Waals surface area contributed by atoms with E-state index in [9.17, 15) is 13.2 Å². The molecule has 0 atom stereocenters. The maximum Gasteiger partial charge on any atom is 0.272 e. The highest BCUT2D eigenvalue weighted by Gasteiger charge is 2.28. The van der Waals surface area contributed by atoms with Gasteiger partial charge in [0, 0.05) is 18.2 Å². The number of hydrogen-bond acceptors (Lipinski definition) is 9. The molecule has 0 aliphatic carbocycles. The molecule has 10 nitrogen and oxygen atoms in total. The summed E-state index contributed by atoms with van der Waals surface area (Å²) in [6.45, 7) is 3.63. The molecular weight excluding hydrogens is 464 g/mol. The molecule has 2 aromatic carbocycles. The highest BCUT2D eigenvalue weighted by Crippen LogP contribution is 2.25. The molecule has 0 saturated carbocycles. The van der Waals surface area contributed by atoms with Crippen molar-refractivity contribution in [2.75, 3.05) is 12.4 Å². The Labute approximate surface area is 194 Å². The second-order valence-electron chi connectivity index (χ2n) is 7.28. The molecule has 12 heteroatoms. The Bertz CT molecular complexity index is 1400. The SMILES string of the molecule is Cc1ccc(-c2noc(CN(C)S(=O)(=O)c3nnc(NC(=O)c4ccccc4C)s3)n2)cc1. The van der Waals surface area contributed by atoms with Crippen molar-refractivity contribution >= 4 is 32.4 Å². The molecule has 0 spiro atoms. The van der Waals surface area contributed by atoms with Crippen LogP contribution in [0.5, 0.6) is 0 Å². The van der Waals surface area contributed by atoms with Crippen molar-refractivity contribution in [1.82, 2.24) is 24.6 Å². The zero-order valence-corrected chi connectivity index (χ0v) is 19.6. The summed E-state index contributed by atoms with van der Waals surface area (Å²) in [6.07, 6.45) is 0. The number of rotatable bonds is 7. The van der Waals surface area contributed by atoms with Crippen molar-refractivity contribution in [2.24, 2.45) is 0 Å². The number of aryl methyl sites for hydroxylation is 2. The number of benzene rings is 2. The van der Waals surface area contributed by atoms with Crippen LogP contribution in [0.15, 0.2) is 57.4 Å². The summed E-state index contributed by atoms with van der Waals surface area (Å²) in [7, 11) is -2.61. The second-order valence-corrected chi connectivity index (χ2v) is 10.5. The van der Waals surface area contributed by atoms with E-state index in [-0.39, 0.29) is 21.9 Å². The maximum atomic E-state index is 12.9. The summed E-state index contributed by atoms with van der Waals surface area (Å²) in [6, 6.07) is 14.6. The van der Waals surface area contributed by atoms with Crippen LogP contribution in [0, 0.1) is 13.8 Å². The minimum Gasteiger partial charge on any atom is -0.338 e. The molecule has 170 valence electrons. The van der Waals surface area contributed by atoms with Crippen molar-refractivity contribution in [1.29, 1.82) is 0 Å². The van der Waals surface area contributed by atoms with Crippen molar-refractivity contribution in [3.8, 4) is 11.4 Å². The van der Waals surface area contributed by atoms with Crippen LogP contribution in [0.3, 0.4) is 0 Å². The number of carbonyl (C=O) groups is 1. The van der Waals surface area contributed by atoms with Gasteiger partial charge in [-0.2, -0.15) is 9.29 Å². The fourth-order valence-electron chi connectivity index (χ4n) is 2.90. The monoisotopic (exact) mass is 484 g/mol. The molecule has 0 saturated heterocycles. The number of anilines is 1. The van der Waals surface area contributed by atoms with Gasteiger partial charge in [-0.1, -0.05) is 64.5 Å². The third-order valence-electron chi connectivity index (χ3n) is 4.78. The van der Waals surface area contributed by atoms with Crippen molar-refractivity contribution in [3.05, 3.63) is 71.1 Å². The van der Waals surface area contributed by atoms with E-state index >= 15 is 0 Å². The van der Waals surface area contributed by atoms with Crippen LogP contribution in [0.2, 0.25) is 0 Å². The molecule has 1 amide bonds. The van der Waals surface area contributed by atoms with Crippen molar-refractivity contribution in [2.45, 2.75) is 24.7 Å². The summed E-state index contributed by atoms with van der Waals surface area (Å²) in [4.78, 5) is 16.7. The first kappa shape index (κ1) is 22.7. The van der Waals surface area contributed by atoms with Crippen LogP contribution in [0.1, 0.15) is 27.4 Å². The van der Waals surface area contributed by atoms with E-state index in [1.807, 2.05) is 50.2 Å². The van der Waals surface area contributed by atoms with E-state index in [0.29, 0.717) is 11.4 Å². The molecule has 1 N–H and O–H groups in total. The minimum atomic E-state index is -3.99. The lowest BCUT2D eigenvalue weighted by molar-refractivity contribution is 0.102. The van der Waals surface area contributed by atoms with Crippen LogP contribution >= 0.6 is 11.3 Å². The molecule has 0 aliphatic heterocycles. The zero-order chi connectivity index (χ0) is 23.6. The first-order valence-electron chi connectivity index (χ1n) is 9.80. The van der Waals surface area contributed by atoms with Crippen LogP contribution in [-0.4, -0.2) is 46.0 Å². The molecule has 33 heavy (non-hydrogen) atoms. The van der Waals surface area contributed by atoms with Crippen molar-refractivity contribution < 1.29 is 17.7 Å². The minimum absolute atomic E-state index is 0.0784. The zero-order valence-electron chi connectivity index (χ0n) is 18.0.